The Morgan fingerprint density at radius 1 is 1.33 bits per heavy atom. The van der Waals surface area contributed by atoms with Crippen LogP contribution >= 0.6 is 0 Å². The summed E-state index contributed by atoms with van der Waals surface area (Å²) < 4.78 is 0. The lowest BCUT2D eigenvalue weighted by molar-refractivity contribution is 0.0420. The highest BCUT2D eigenvalue weighted by atomic mass is 16.3. The SMILES string of the molecule is CC=C(C)C[C@@H](O)CC(O)CO. The highest BCUT2D eigenvalue weighted by Crippen LogP contribution is 2.09. The van der Waals surface area contributed by atoms with Gasteiger partial charge >= 0.3 is 0 Å². The third-order valence-electron chi connectivity index (χ3n) is 1.81. The van der Waals surface area contributed by atoms with E-state index in [1.54, 1.807) is 0 Å². The summed E-state index contributed by atoms with van der Waals surface area (Å²) in [5, 5.41) is 26.8. The zero-order valence-corrected chi connectivity index (χ0v) is 7.70. The van der Waals surface area contributed by atoms with E-state index in [-0.39, 0.29) is 13.0 Å². The molecule has 0 rings (SSSR count). The summed E-state index contributed by atoms with van der Waals surface area (Å²) >= 11 is 0. The quantitative estimate of drug-likeness (QED) is 0.530. The minimum Gasteiger partial charge on any atom is -0.394 e. The Kier molecular flexibility index (Phi) is 5.98. The molecule has 0 radical (unpaired) electrons. The lowest BCUT2D eigenvalue weighted by atomic mass is 10.0. The van der Waals surface area contributed by atoms with E-state index in [1.807, 2.05) is 19.9 Å². The lowest BCUT2D eigenvalue weighted by Gasteiger charge is -2.13. The highest BCUT2D eigenvalue weighted by Gasteiger charge is 2.10. The van der Waals surface area contributed by atoms with Crippen molar-refractivity contribution >= 4 is 0 Å². The molecule has 3 heteroatoms. The Labute approximate surface area is 73.4 Å². The maximum Gasteiger partial charge on any atom is 0.0795 e. The van der Waals surface area contributed by atoms with E-state index in [0.29, 0.717) is 6.42 Å². The summed E-state index contributed by atoms with van der Waals surface area (Å²) in [6.45, 7) is 3.55. The molecule has 0 saturated carbocycles. The van der Waals surface area contributed by atoms with Crippen molar-refractivity contribution in [1.82, 2.24) is 0 Å². The molecule has 0 aromatic carbocycles. The average Bonchev–Trinajstić information content (AvgIpc) is 2.03. The molecule has 0 aromatic rings. The van der Waals surface area contributed by atoms with Crippen molar-refractivity contribution in [2.24, 2.45) is 0 Å². The number of aliphatic hydroxyl groups is 3. The molecule has 0 aliphatic heterocycles. The fourth-order valence-corrected chi connectivity index (χ4v) is 0.961. The molecular formula is C9H18O3. The maximum atomic E-state index is 9.34. The monoisotopic (exact) mass is 174 g/mol. The summed E-state index contributed by atoms with van der Waals surface area (Å²) in [6.07, 6.45) is 1.37. The standard InChI is InChI=1S/C9H18O3/c1-3-7(2)4-8(11)5-9(12)6-10/h3,8-12H,4-6H2,1-2H3/t8-,9?/m1/s1. The molecule has 0 aromatic heterocycles. The molecule has 0 fully saturated rings. The molecule has 3 N–H and O–H groups in total. The van der Waals surface area contributed by atoms with Gasteiger partial charge in [-0.05, 0) is 20.3 Å². The van der Waals surface area contributed by atoms with Crippen molar-refractivity contribution in [1.29, 1.82) is 0 Å². The first-order valence-corrected chi connectivity index (χ1v) is 4.19. The van der Waals surface area contributed by atoms with Crippen molar-refractivity contribution in [3.05, 3.63) is 11.6 Å². The van der Waals surface area contributed by atoms with Gasteiger partial charge in [0.1, 0.15) is 0 Å². The molecule has 12 heavy (non-hydrogen) atoms. The van der Waals surface area contributed by atoms with Gasteiger partial charge in [-0.3, -0.25) is 0 Å². The van der Waals surface area contributed by atoms with Crippen LogP contribution in [0.1, 0.15) is 26.7 Å². The summed E-state index contributed by atoms with van der Waals surface area (Å²) in [7, 11) is 0. The Hall–Kier alpha value is -0.380. The topological polar surface area (TPSA) is 60.7 Å². The minimum absolute atomic E-state index is 0.238. The first-order chi connectivity index (χ1) is 5.60. The van der Waals surface area contributed by atoms with E-state index < -0.39 is 12.2 Å². The van der Waals surface area contributed by atoms with Crippen LogP contribution in [0.5, 0.6) is 0 Å². The van der Waals surface area contributed by atoms with Gasteiger partial charge in [0, 0.05) is 6.42 Å². The van der Waals surface area contributed by atoms with Crippen LogP contribution in [0.25, 0.3) is 0 Å². The molecule has 0 amide bonds. The molecule has 72 valence electrons. The fourth-order valence-electron chi connectivity index (χ4n) is 0.961. The maximum absolute atomic E-state index is 9.34. The summed E-state index contributed by atoms with van der Waals surface area (Å²) in [5.74, 6) is 0. The Morgan fingerprint density at radius 2 is 1.92 bits per heavy atom. The van der Waals surface area contributed by atoms with Gasteiger partial charge in [-0.2, -0.15) is 0 Å². The Balaban J connectivity index is 3.66. The third-order valence-corrected chi connectivity index (χ3v) is 1.81. The summed E-state index contributed by atoms with van der Waals surface area (Å²) in [4.78, 5) is 0. The fraction of sp³-hybridized carbons (Fsp3) is 0.778. The second-order valence-electron chi connectivity index (χ2n) is 3.07. The number of hydrogen-bond acceptors (Lipinski definition) is 3. The van der Waals surface area contributed by atoms with Crippen molar-refractivity contribution in [2.75, 3.05) is 6.61 Å². The van der Waals surface area contributed by atoms with Crippen LogP contribution in [0.2, 0.25) is 0 Å². The predicted octanol–water partition coefficient (Wildman–Crippen LogP) is 0.447. The first kappa shape index (κ1) is 11.6. The van der Waals surface area contributed by atoms with Crippen LogP contribution in [-0.2, 0) is 0 Å². The zero-order valence-electron chi connectivity index (χ0n) is 7.70. The van der Waals surface area contributed by atoms with E-state index in [2.05, 4.69) is 0 Å². The van der Waals surface area contributed by atoms with E-state index in [9.17, 15) is 5.11 Å². The van der Waals surface area contributed by atoms with Crippen molar-refractivity contribution in [3.63, 3.8) is 0 Å². The van der Waals surface area contributed by atoms with Gasteiger partial charge in [0.25, 0.3) is 0 Å². The molecule has 0 saturated heterocycles. The highest BCUT2D eigenvalue weighted by molar-refractivity contribution is 4.97. The van der Waals surface area contributed by atoms with Gasteiger partial charge in [-0.15, -0.1) is 0 Å². The van der Waals surface area contributed by atoms with Crippen LogP contribution < -0.4 is 0 Å². The molecule has 0 spiro atoms. The van der Waals surface area contributed by atoms with Gasteiger partial charge < -0.3 is 15.3 Å². The van der Waals surface area contributed by atoms with E-state index in [4.69, 9.17) is 10.2 Å². The van der Waals surface area contributed by atoms with Crippen molar-refractivity contribution < 1.29 is 15.3 Å². The Bertz CT molecular complexity index is 143. The van der Waals surface area contributed by atoms with Gasteiger partial charge in [0.2, 0.25) is 0 Å². The number of rotatable bonds is 5. The molecular weight excluding hydrogens is 156 g/mol. The second-order valence-corrected chi connectivity index (χ2v) is 3.07. The summed E-state index contributed by atoms with van der Waals surface area (Å²) in [5.41, 5.74) is 1.09. The van der Waals surface area contributed by atoms with Gasteiger partial charge in [-0.1, -0.05) is 11.6 Å². The van der Waals surface area contributed by atoms with Crippen LogP contribution in [0, 0.1) is 0 Å². The van der Waals surface area contributed by atoms with E-state index in [1.165, 1.54) is 0 Å². The number of aliphatic hydroxyl groups excluding tert-OH is 3. The normalized spacial score (nSPS) is 17.6. The lowest BCUT2D eigenvalue weighted by Crippen LogP contribution is -2.20. The minimum atomic E-state index is -0.801. The molecule has 0 aliphatic rings. The van der Waals surface area contributed by atoms with E-state index in [0.717, 1.165) is 5.57 Å². The molecule has 2 atom stereocenters. The van der Waals surface area contributed by atoms with Crippen LogP contribution in [0.15, 0.2) is 11.6 Å². The van der Waals surface area contributed by atoms with Gasteiger partial charge in [0.05, 0.1) is 18.8 Å². The first-order valence-electron chi connectivity index (χ1n) is 4.19. The summed E-state index contributed by atoms with van der Waals surface area (Å²) in [6, 6.07) is 0. The van der Waals surface area contributed by atoms with Gasteiger partial charge in [-0.25, -0.2) is 0 Å². The second kappa shape index (κ2) is 6.17. The average molecular weight is 174 g/mol. The van der Waals surface area contributed by atoms with Crippen LogP contribution in [0.3, 0.4) is 0 Å². The van der Waals surface area contributed by atoms with Crippen molar-refractivity contribution in [3.8, 4) is 0 Å². The molecule has 0 aliphatic carbocycles. The largest absolute Gasteiger partial charge is 0.394 e. The van der Waals surface area contributed by atoms with E-state index >= 15 is 0 Å². The predicted molar refractivity (Wildman–Crippen MR) is 47.8 cm³/mol. The zero-order chi connectivity index (χ0) is 9.56. The van der Waals surface area contributed by atoms with Crippen LogP contribution in [0.4, 0.5) is 0 Å². The number of hydrogen-bond donors (Lipinski definition) is 3. The third kappa shape index (κ3) is 5.29. The van der Waals surface area contributed by atoms with Gasteiger partial charge in [0.15, 0.2) is 0 Å². The molecule has 1 unspecified atom stereocenters. The van der Waals surface area contributed by atoms with Crippen LogP contribution in [-0.4, -0.2) is 34.1 Å². The molecule has 0 heterocycles. The smallest absolute Gasteiger partial charge is 0.0795 e. The number of allylic oxidation sites excluding steroid dienone is 1. The molecule has 3 nitrogen and oxygen atoms in total. The molecule has 0 bridgehead atoms. The van der Waals surface area contributed by atoms with Crippen molar-refractivity contribution in [2.45, 2.75) is 38.9 Å². The Morgan fingerprint density at radius 3 is 2.33 bits per heavy atom.